The average molecular weight is 451 g/mol. The van der Waals surface area contributed by atoms with Crippen LogP contribution in [0.5, 0.6) is 0 Å². The highest BCUT2D eigenvalue weighted by molar-refractivity contribution is 5.94. The molecule has 3 heterocycles. The van der Waals surface area contributed by atoms with E-state index in [-0.39, 0.29) is 17.3 Å². The molecular weight excluding hydrogens is 428 g/mol. The van der Waals surface area contributed by atoms with Crippen LogP contribution in [0.15, 0.2) is 54.9 Å². The first-order valence-electron chi connectivity index (χ1n) is 10.9. The number of aromatic nitrogens is 3. The number of aryl methyl sites for hydroxylation is 1. The summed E-state index contributed by atoms with van der Waals surface area (Å²) in [6.45, 7) is 5.17. The smallest absolute Gasteiger partial charge is 0.337 e. The number of benzene rings is 2. The Labute approximate surface area is 196 Å². The maximum Gasteiger partial charge on any atom is 0.337 e. The lowest BCUT2D eigenvalue weighted by atomic mass is 10.0. The highest BCUT2D eigenvalue weighted by atomic mass is 16.4. The second-order valence-corrected chi connectivity index (χ2v) is 8.45. The van der Waals surface area contributed by atoms with E-state index in [1.54, 1.807) is 30.5 Å². The summed E-state index contributed by atoms with van der Waals surface area (Å²) < 4.78 is 0. The van der Waals surface area contributed by atoms with Gasteiger partial charge in [0.15, 0.2) is 11.5 Å². The van der Waals surface area contributed by atoms with E-state index >= 15 is 0 Å². The third-order valence-electron chi connectivity index (χ3n) is 6.05. The van der Waals surface area contributed by atoms with Crippen molar-refractivity contribution >= 4 is 28.5 Å². The molecule has 1 aliphatic heterocycles. The fourth-order valence-electron chi connectivity index (χ4n) is 4.43. The van der Waals surface area contributed by atoms with E-state index in [2.05, 4.69) is 21.4 Å². The molecular formula is C26H22N6O2. The van der Waals surface area contributed by atoms with Gasteiger partial charge in [-0.25, -0.2) is 14.8 Å². The molecule has 2 aromatic carbocycles. The zero-order chi connectivity index (χ0) is 23.8. The third-order valence-corrected chi connectivity index (χ3v) is 6.05. The molecule has 34 heavy (non-hydrogen) atoms. The van der Waals surface area contributed by atoms with E-state index in [4.69, 9.17) is 4.98 Å². The van der Waals surface area contributed by atoms with Gasteiger partial charge >= 0.3 is 5.97 Å². The summed E-state index contributed by atoms with van der Waals surface area (Å²) in [6, 6.07) is 14.7. The first-order chi connectivity index (χ1) is 16.4. The summed E-state index contributed by atoms with van der Waals surface area (Å²) >= 11 is 0. The topological polar surface area (TPSA) is 115 Å². The molecule has 0 spiro atoms. The molecule has 0 amide bonds. The van der Waals surface area contributed by atoms with Crippen LogP contribution in [0, 0.1) is 18.3 Å². The van der Waals surface area contributed by atoms with Crippen LogP contribution < -0.4 is 10.2 Å². The number of carbonyl (C=O) groups is 1. The van der Waals surface area contributed by atoms with Crippen molar-refractivity contribution < 1.29 is 9.90 Å². The number of nitriles is 1. The number of rotatable bonds is 5. The number of carboxylic acid groups (broad SMARTS) is 1. The quantitative estimate of drug-likeness (QED) is 0.453. The molecule has 0 aliphatic carbocycles. The van der Waals surface area contributed by atoms with E-state index in [1.807, 2.05) is 43.1 Å². The molecule has 5 rings (SSSR count). The largest absolute Gasteiger partial charge is 0.478 e. The Morgan fingerprint density at radius 2 is 1.97 bits per heavy atom. The van der Waals surface area contributed by atoms with Gasteiger partial charge < -0.3 is 15.3 Å². The normalized spacial score (nSPS) is 13.4. The van der Waals surface area contributed by atoms with Gasteiger partial charge in [0, 0.05) is 36.7 Å². The maximum atomic E-state index is 11.7. The van der Waals surface area contributed by atoms with Crippen molar-refractivity contribution in [3.63, 3.8) is 0 Å². The van der Waals surface area contributed by atoms with Gasteiger partial charge in [-0.15, -0.1) is 0 Å². The lowest BCUT2D eigenvalue weighted by Crippen LogP contribution is -2.19. The Morgan fingerprint density at radius 1 is 1.18 bits per heavy atom. The number of nitrogens with zero attached hydrogens (tertiary/aromatic N) is 5. The average Bonchev–Trinajstić information content (AvgIpc) is 3.27. The SMILES string of the molecule is Cc1cc([C@@H](C)Nc2ccccc2C(=O)O)c2nc(N3Cc4ccncc4C3)c(C#N)nc2c1. The third kappa shape index (κ3) is 3.77. The zero-order valence-corrected chi connectivity index (χ0v) is 18.8. The molecule has 168 valence electrons. The molecule has 2 N–H and O–H groups in total. The predicted molar refractivity (Wildman–Crippen MR) is 129 cm³/mol. The van der Waals surface area contributed by atoms with E-state index < -0.39 is 5.97 Å². The van der Waals surface area contributed by atoms with Crippen molar-refractivity contribution in [1.29, 1.82) is 5.26 Å². The highest BCUT2D eigenvalue weighted by Crippen LogP contribution is 2.33. The monoisotopic (exact) mass is 450 g/mol. The summed E-state index contributed by atoms with van der Waals surface area (Å²) in [5.74, 6) is -0.456. The van der Waals surface area contributed by atoms with Crippen LogP contribution in [0.2, 0.25) is 0 Å². The molecule has 1 aliphatic rings. The number of carboxylic acids is 1. The predicted octanol–water partition coefficient (Wildman–Crippen LogP) is 4.60. The second kappa shape index (κ2) is 8.45. The lowest BCUT2D eigenvalue weighted by Gasteiger charge is -2.22. The molecule has 8 nitrogen and oxygen atoms in total. The van der Waals surface area contributed by atoms with Gasteiger partial charge in [0.25, 0.3) is 0 Å². The molecule has 0 radical (unpaired) electrons. The molecule has 8 heteroatoms. The van der Waals surface area contributed by atoms with E-state index in [9.17, 15) is 15.2 Å². The standard InChI is InChI=1S/C26H22N6O2/c1-15-9-20(16(2)29-21-6-4-3-5-19(21)26(33)34)24-22(10-15)30-23(11-27)25(31-24)32-13-17-7-8-28-12-18(17)14-32/h3-10,12,16,29H,13-14H2,1-2H3,(H,33,34)/t16-/m1/s1. The first-order valence-corrected chi connectivity index (χ1v) is 10.9. The van der Waals surface area contributed by atoms with Gasteiger partial charge in [-0.2, -0.15) is 5.26 Å². The number of anilines is 2. The Bertz CT molecular complexity index is 1450. The van der Waals surface area contributed by atoms with Crippen molar-refractivity contribution in [1.82, 2.24) is 15.0 Å². The molecule has 2 aromatic heterocycles. The molecule has 4 aromatic rings. The Hall–Kier alpha value is -4.51. The number of aromatic carboxylic acids is 1. The second-order valence-electron chi connectivity index (χ2n) is 8.45. The molecule has 0 fully saturated rings. The van der Waals surface area contributed by atoms with Gasteiger partial charge in [-0.1, -0.05) is 18.2 Å². The molecule has 1 atom stereocenters. The van der Waals surface area contributed by atoms with Crippen LogP contribution in [-0.4, -0.2) is 26.0 Å². The summed E-state index contributed by atoms with van der Waals surface area (Å²) in [5, 5.41) is 22.7. The van der Waals surface area contributed by atoms with Crippen molar-refractivity contribution in [3.05, 3.63) is 88.4 Å². The van der Waals surface area contributed by atoms with E-state index in [0.29, 0.717) is 35.6 Å². The fourth-order valence-corrected chi connectivity index (χ4v) is 4.43. The van der Waals surface area contributed by atoms with Gasteiger partial charge in [-0.05, 0) is 54.8 Å². The highest BCUT2D eigenvalue weighted by Gasteiger charge is 2.25. The Morgan fingerprint density at radius 3 is 2.74 bits per heavy atom. The van der Waals surface area contributed by atoms with E-state index in [0.717, 1.165) is 22.3 Å². The van der Waals surface area contributed by atoms with Gasteiger partial charge in [0.2, 0.25) is 0 Å². The van der Waals surface area contributed by atoms with Crippen molar-refractivity contribution in [2.45, 2.75) is 33.0 Å². The number of hydrogen-bond acceptors (Lipinski definition) is 7. The van der Waals surface area contributed by atoms with Gasteiger partial charge in [-0.3, -0.25) is 4.98 Å². The van der Waals surface area contributed by atoms with Crippen LogP contribution in [0.4, 0.5) is 11.5 Å². The van der Waals surface area contributed by atoms with Crippen LogP contribution in [0.25, 0.3) is 11.0 Å². The molecule has 0 saturated carbocycles. The van der Waals surface area contributed by atoms with Crippen LogP contribution in [0.1, 0.15) is 51.3 Å². The van der Waals surface area contributed by atoms with Crippen molar-refractivity contribution in [2.24, 2.45) is 0 Å². The zero-order valence-electron chi connectivity index (χ0n) is 18.8. The van der Waals surface area contributed by atoms with Crippen LogP contribution >= 0.6 is 0 Å². The minimum Gasteiger partial charge on any atom is -0.478 e. The number of hydrogen-bond donors (Lipinski definition) is 2. The van der Waals surface area contributed by atoms with Gasteiger partial charge in [0.05, 0.1) is 22.6 Å². The molecule has 0 bridgehead atoms. The van der Waals surface area contributed by atoms with Crippen molar-refractivity contribution in [2.75, 3.05) is 10.2 Å². The number of fused-ring (bicyclic) bond motifs is 2. The fraction of sp³-hybridized carbons (Fsp3) is 0.192. The summed E-state index contributed by atoms with van der Waals surface area (Å²) in [6.07, 6.45) is 3.61. The van der Waals surface area contributed by atoms with Gasteiger partial charge in [0.1, 0.15) is 6.07 Å². The van der Waals surface area contributed by atoms with Crippen LogP contribution in [0.3, 0.4) is 0 Å². The number of pyridine rings is 1. The van der Waals surface area contributed by atoms with Crippen molar-refractivity contribution in [3.8, 4) is 6.07 Å². The number of para-hydroxylation sites is 1. The minimum atomic E-state index is -0.992. The Balaban J connectivity index is 1.58. The Kier molecular flexibility index (Phi) is 5.30. The van der Waals surface area contributed by atoms with E-state index in [1.165, 1.54) is 0 Å². The maximum absolute atomic E-state index is 11.7. The minimum absolute atomic E-state index is 0.202. The van der Waals surface area contributed by atoms with Crippen LogP contribution in [-0.2, 0) is 13.1 Å². The summed E-state index contributed by atoms with van der Waals surface area (Å²) in [7, 11) is 0. The molecule has 0 unspecified atom stereocenters. The lowest BCUT2D eigenvalue weighted by molar-refractivity contribution is 0.0698. The summed E-state index contributed by atoms with van der Waals surface area (Å²) in [5.41, 5.74) is 6.45. The number of nitrogens with one attached hydrogen (secondary N) is 1. The first kappa shape index (κ1) is 21.3. The molecule has 0 saturated heterocycles. The summed E-state index contributed by atoms with van der Waals surface area (Å²) in [4.78, 5) is 27.5.